The van der Waals surface area contributed by atoms with Crippen LogP contribution in [0.15, 0.2) is 29.0 Å². The molecule has 0 atom stereocenters. The zero-order valence-corrected chi connectivity index (χ0v) is 16.2. The summed E-state index contributed by atoms with van der Waals surface area (Å²) in [5.74, 6) is 4.94. The number of carbonyl (C=O) groups is 1. The molecule has 0 spiro atoms. The molecule has 0 fully saturated rings. The standard InChI is InChI=1S/C21H17FN6O2/c1-4-8-27(9-5-2)12-18-24-20(25-30-18)19-17-11-26(3)21(29)15-10-14(22)6-7-16(15)28(17)13-23-19/h1-2,6-7,10,13H,8-9,11-12H2,3H3. The highest BCUT2D eigenvalue weighted by Gasteiger charge is 2.28. The second-order valence-electron chi connectivity index (χ2n) is 6.80. The van der Waals surface area contributed by atoms with Gasteiger partial charge in [0.15, 0.2) is 0 Å². The number of rotatable bonds is 5. The fourth-order valence-electron chi connectivity index (χ4n) is 3.34. The summed E-state index contributed by atoms with van der Waals surface area (Å²) in [6.45, 7) is 1.25. The SMILES string of the molecule is C#CCN(CC#C)Cc1nc(-c2ncn3c2CN(C)C(=O)c2cc(F)ccc2-3)no1. The number of carbonyl (C=O) groups excluding carboxylic acids is 1. The Balaban J connectivity index is 1.71. The Hall–Kier alpha value is -3.95. The van der Waals surface area contributed by atoms with Crippen molar-refractivity contribution in [2.45, 2.75) is 13.1 Å². The highest BCUT2D eigenvalue weighted by molar-refractivity contribution is 5.98. The van der Waals surface area contributed by atoms with Crippen LogP contribution < -0.4 is 0 Å². The van der Waals surface area contributed by atoms with Gasteiger partial charge in [0.1, 0.15) is 17.8 Å². The first-order valence-corrected chi connectivity index (χ1v) is 9.05. The lowest BCUT2D eigenvalue weighted by molar-refractivity contribution is 0.0787. The molecule has 1 amide bonds. The van der Waals surface area contributed by atoms with Crippen LogP contribution in [0.5, 0.6) is 0 Å². The second-order valence-corrected chi connectivity index (χ2v) is 6.80. The number of nitrogens with zero attached hydrogens (tertiary/aromatic N) is 6. The Morgan fingerprint density at radius 1 is 1.30 bits per heavy atom. The maximum Gasteiger partial charge on any atom is 0.256 e. The van der Waals surface area contributed by atoms with Crippen LogP contribution >= 0.6 is 0 Å². The van der Waals surface area contributed by atoms with Crippen molar-refractivity contribution in [2.24, 2.45) is 0 Å². The Kier molecular flexibility index (Phi) is 5.05. The van der Waals surface area contributed by atoms with E-state index in [2.05, 4.69) is 27.0 Å². The highest BCUT2D eigenvalue weighted by atomic mass is 19.1. The maximum atomic E-state index is 13.7. The van der Waals surface area contributed by atoms with E-state index >= 15 is 0 Å². The van der Waals surface area contributed by atoms with Crippen LogP contribution in [-0.4, -0.2) is 55.5 Å². The zero-order chi connectivity index (χ0) is 21.3. The van der Waals surface area contributed by atoms with Gasteiger partial charge >= 0.3 is 0 Å². The van der Waals surface area contributed by atoms with Gasteiger partial charge in [-0.3, -0.25) is 14.3 Å². The van der Waals surface area contributed by atoms with Gasteiger partial charge in [-0.05, 0) is 18.2 Å². The summed E-state index contributed by atoms with van der Waals surface area (Å²) in [5.41, 5.74) is 1.96. The smallest absolute Gasteiger partial charge is 0.256 e. The van der Waals surface area contributed by atoms with Crippen LogP contribution in [0.4, 0.5) is 4.39 Å². The first kappa shape index (κ1) is 19.4. The summed E-state index contributed by atoms with van der Waals surface area (Å²) in [4.78, 5) is 24.8. The van der Waals surface area contributed by atoms with Gasteiger partial charge in [0.25, 0.3) is 5.91 Å². The molecular weight excluding hydrogens is 387 g/mol. The Labute approximate surface area is 172 Å². The minimum Gasteiger partial charge on any atom is -0.337 e. The average Bonchev–Trinajstić information content (AvgIpc) is 3.32. The first-order valence-electron chi connectivity index (χ1n) is 9.05. The number of benzene rings is 1. The molecule has 3 heterocycles. The van der Waals surface area contributed by atoms with E-state index in [1.165, 1.54) is 17.0 Å². The largest absolute Gasteiger partial charge is 0.337 e. The summed E-state index contributed by atoms with van der Waals surface area (Å²) in [6.07, 6.45) is 12.3. The van der Waals surface area contributed by atoms with Crippen LogP contribution in [-0.2, 0) is 13.1 Å². The third-order valence-electron chi connectivity index (χ3n) is 4.72. The van der Waals surface area contributed by atoms with Crippen molar-refractivity contribution < 1.29 is 13.7 Å². The minimum absolute atomic E-state index is 0.245. The lowest BCUT2D eigenvalue weighted by Gasteiger charge is -2.14. The number of amides is 1. The molecule has 0 saturated heterocycles. The van der Waals surface area contributed by atoms with Gasteiger partial charge in [-0.1, -0.05) is 17.0 Å². The molecule has 0 N–H and O–H groups in total. The summed E-state index contributed by atoms with van der Waals surface area (Å²) in [6, 6.07) is 4.08. The molecule has 8 nitrogen and oxygen atoms in total. The van der Waals surface area contributed by atoms with E-state index in [1.807, 2.05) is 4.90 Å². The monoisotopic (exact) mass is 404 g/mol. The molecule has 0 bridgehead atoms. The number of halogens is 1. The molecule has 1 aliphatic rings. The zero-order valence-electron chi connectivity index (χ0n) is 16.2. The predicted molar refractivity (Wildman–Crippen MR) is 106 cm³/mol. The molecule has 3 aromatic rings. The van der Waals surface area contributed by atoms with Crippen LogP contribution in [0.2, 0.25) is 0 Å². The lowest BCUT2D eigenvalue weighted by Crippen LogP contribution is -2.25. The maximum absolute atomic E-state index is 13.7. The third kappa shape index (κ3) is 3.43. The molecule has 0 radical (unpaired) electrons. The molecular formula is C21H17FN6O2. The molecule has 9 heteroatoms. The Bertz CT molecular complexity index is 1180. The van der Waals surface area contributed by atoms with Gasteiger partial charge in [-0.2, -0.15) is 4.98 Å². The van der Waals surface area contributed by atoms with Crippen molar-refractivity contribution in [1.29, 1.82) is 0 Å². The number of hydrogen-bond donors (Lipinski definition) is 0. The minimum atomic E-state index is -0.481. The fourth-order valence-corrected chi connectivity index (χ4v) is 3.34. The van der Waals surface area contributed by atoms with E-state index in [9.17, 15) is 9.18 Å². The second kappa shape index (κ2) is 7.82. The molecule has 2 aromatic heterocycles. The van der Waals surface area contributed by atoms with Crippen LogP contribution in [0.3, 0.4) is 0 Å². The summed E-state index contributed by atoms with van der Waals surface area (Å²) >= 11 is 0. The number of aromatic nitrogens is 4. The molecule has 0 aliphatic carbocycles. The van der Waals surface area contributed by atoms with Gasteiger partial charge < -0.3 is 9.42 Å². The molecule has 0 unspecified atom stereocenters. The molecule has 1 aliphatic heterocycles. The van der Waals surface area contributed by atoms with Crippen molar-refractivity contribution in [2.75, 3.05) is 20.1 Å². The van der Waals surface area contributed by atoms with E-state index in [0.717, 1.165) is 0 Å². The molecule has 30 heavy (non-hydrogen) atoms. The molecule has 4 rings (SSSR count). The normalized spacial score (nSPS) is 12.8. The summed E-state index contributed by atoms with van der Waals surface area (Å²) in [5, 5.41) is 4.03. The number of terminal acetylenes is 2. The van der Waals surface area contributed by atoms with Gasteiger partial charge in [-0.25, -0.2) is 9.37 Å². The fraction of sp³-hybridized carbons (Fsp3) is 0.238. The Morgan fingerprint density at radius 2 is 2.07 bits per heavy atom. The van der Waals surface area contributed by atoms with E-state index in [4.69, 9.17) is 17.4 Å². The topological polar surface area (TPSA) is 80.3 Å². The number of fused-ring (bicyclic) bond motifs is 3. The quantitative estimate of drug-likeness (QED) is 0.603. The predicted octanol–water partition coefficient (Wildman–Crippen LogP) is 1.72. The summed E-state index contributed by atoms with van der Waals surface area (Å²) < 4.78 is 20.8. The van der Waals surface area contributed by atoms with Crippen molar-refractivity contribution >= 4 is 5.91 Å². The lowest BCUT2D eigenvalue weighted by atomic mass is 10.1. The van der Waals surface area contributed by atoms with Crippen LogP contribution in [0.25, 0.3) is 17.2 Å². The van der Waals surface area contributed by atoms with E-state index in [1.54, 1.807) is 24.0 Å². The van der Waals surface area contributed by atoms with Crippen molar-refractivity contribution in [3.63, 3.8) is 0 Å². The highest BCUT2D eigenvalue weighted by Crippen LogP contribution is 2.29. The van der Waals surface area contributed by atoms with Crippen molar-refractivity contribution in [1.82, 2.24) is 29.5 Å². The number of imidazole rings is 1. The van der Waals surface area contributed by atoms with Gasteiger partial charge in [0, 0.05) is 7.05 Å². The van der Waals surface area contributed by atoms with E-state index < -0.39 is 5.82 Å². The van der Waals surface area contributed by atoms with Gasteiger partial charge in [0.2, 0.25) is 11.7 Å². The molecule has 1 aromatic carbocycles. The van der Waals surface area contributed by atoms with E-state index in [0.29, 0.717) is 42.6 Å². The first-order chi connectivity index (χ1) is 14.5. The summed E-state index contributed by atoms with van der Waals surface area (Å²) in [7, 11) is 1.64. The molecule has 150 valence electrons. The van der Waals surface area contributed by atoms with Gasteiger partial charge in [0.05, 0.1) is 43.1 Å². The van der Waals surface area contributed by atoms with Crippen molar-refractivity contribution in [3.05, 3.63) is 47.5 Å². The van der Waals surface area contributed by atoms with Gasteiger partial charge in [-0.15, -0.1) is 12.8 Å². The third-order valence-corrected chi connectivity index (χ3v) is 4.72. The van der Waals surface area contributed by atoms with Crippen LogP contribution in [0, 0.1) is 30.5 Å². The Morgan fingerprint density at radius 3 is 2.80 bits per heavy atom. The molecule has 0 saturated carbocycles. The van der Waals surface area contributed by atoms with E-state index in [-0.39, 0.29) is 23.8 Å². The van der Waals surface area contributed by atoms with Crippen molar-refractivity contribution in [3.8, 4) is 41.9 Å². The number of hydrogen-bond acceptors (Lipinski definition) is 6. The van der Waals surface area contributed by atoms with Crippen LogP contribution in [0.1, 0.15) is 21.9 Å². The average molecular weight is 404 g/mol.